The fraction of sp³-hybridized carbons (Fsp3) is 0.333. The monoisotopic (exact) mass is 364 g/mol. The fourth-order valence-electron chi connectivity index (χ4n) is 2.83. The second kappa shape index (κ2) is 6.85. The molecule has 2 aromatic rings. The average Bonchev–Trinajstić information content (AvgIpc) is 2.96. The maximum Gasteiger partial charge on any atom is 0.125 e. The zero-order chi connectivity index (χ0) is 14.7. The Morgan fingerprint density at radius 1 is 1.19 bits per heavy atom. The van der Waals surface area contributed by atoms with E-state index < -0.39 is 0 Å². The van der Waals surface area contributed by atoms with E-state index in [1.54, 1.807) is 0 Å². The number of hydrogen-bond donors (Lipinski definition) is 0. The van der Waals surface area contributed by atoms with Gasteiger partial charge in [0, 0.05) is 16.3 Å². The van der Waals surface area contributed by atoms with Crippen LogP contribution < -0.4 is 4.74 Å². The Kier molecular flexibility index (Phi) is 4.87. The van der Waals surface area contributed by atoms with Crippen molar-refractivity contribution in [1.29, 1.82) is 0 Å². The topological polar surface area (TPSA) is 9.23 Å². The maximum atomic E-state index is 6.20. The fourth-order valence-corrected chi connectivity index (χ4v) is 3.72. The van der Waals surface area contributed by atoms with Gasteiger partial charge in [-0.3, -0.25) is 0 Å². The molecule has 2 aromatic carbocycles. The number of benzene rings is 2. The molecule has 0 saturated heterocycles. The minimum Gasteiger partial charge on any atom is -0.493 e. The molecule has 1 heterocycles. The molecule has 21 heavy (non-hydrogen) atoms. The predicted octanol–water partition coefficient (Wildman–Crippen LogP) is 5.73. The molecule has 1 atom stereocenters. The summed E-state index contributed by atoms with van der Waals surface area (Å²) >= 11 is 9.98. The van der Waals surface area contributed by atoms with E-state index in [0.717, 1.165) is 43.1 Å². The van der Waals surface area contributed by atoms with Gasteiger partial charge >= 0.3 is 0 Å². The molecule has 0 radical (unpaired) electrons. The lowest BCUT2D eigenvalue weighted by molar-refractivity contribution is 0.353. The molecular weight excluding hydrogens is 348 g/mol. The molecule has 1 unspecified atom stereocenters. The van der Waals surface area contributed by atoms with Crippen LogP contribution in [-0.4, -0.2) is 6.61 Å². The number of ether oxygens (including phenoxy) is 1. The van der Waals surface area contributed by atoms with Gasteiger partial charge in [0.2, 0.25) is 0 Å². The van der Waals surface area contributed by atoms with Crippen molar-refractivity contribution in [3.05, 3.63) is 64.2 Å². The molecule has 0 spiro atoms. The molecule has 0 fully saturated rings. The summed E-state index contributed by atoms with van der Waals surface area (Å²) in [6.07, 6.45) is 4.21. The Hall–Kier alpha value is -0.990. The lowest BCUT2D eigenvalue weighted by Gasteiger charge is -2.12. The second-order valence-electron chi connectivity index (χ2n) is 5.42. The van der Waals surface area contributed by atoms with Gasteiger partial charge in [-0.25, -0.2) is 0 Å². The Labute approximate surface area is 139 Å². The minimum atomic E-state index is 0.409. The quantitative estimate of drug-likeness (QED) is 0.614. The summed E-state index contributed by atoms with van der Waals surface area (Å²) in [6, 6.07) is 14.6. The van der Waals surface area contributed by atoms with Gasteiger partial charge < -0.3 is 4.74 Å². The van der Waals surface area contributed by atoms with E-state index in [1.165, 1.54) is 16.7 Å². The van der Waals surface area contributed by atoms with Crippen molar-refractivity contribution in [1.82, 2.24) is 0 Å². The number of rotatable bonds is 5. The standard InChI is InChI=1S/C18H18BrClO/c19-17(13-5-2-1-3-6-13)8-4-7-14-11-16(20)12-15-9-10-21-18(14)15/h1-3,5-6,11-12,17H,4,7-10H2. The Morgan fingerprint density at radius 2 is 2.00 bits per heavy atom. The Morgan fingerprint density at radius 3 is 2.81 bits per heavy atom. The SMILES string of the molecule is Clc1cc(CCCC(Br)c2ccccc2)c2c(c1)CCO2. The van der Waals surface area contributed by atoms with Crippen molar-refractivity contribution >= 4 is 27.5 Å². The van der Waals surface area contributed by atoms with Crippen molar-refractivity contribution in [2.45, 2.75) is 30.5 Å². The molecule has 0 saturated carbocycles. The molecule has 0 N–H and O–H groups in total. The summed E-state index contributed by atoms with van der Waals surface area (Å²) in [5.74, 6) is 1.07. The van der Waals surface area contributed by atoms with E-state index >= 15 is 0 Å². The number of halogens is 2. The van der Waals surface area contributed by atoms with Crippen LogP contribution in [0.15, 0.2) is 42.5 Å². The Bertz CT molecular complexity index is 612. The summed E-state index contributed by atoms with van der Waals surface area (Å²) in [5, 5.41) is 0.827. The molecule has 3 heteroatoms. The summed E-state index contributed by atoms with van der Waals surface area (Å²) in [4.78, 5) is 0.409. The molecule has 1 aliphatic heterocycles. The molecule has 0 aromatic heterocycles. The molecule has 0 amide bonds. The highest BCUT2D eigenvalue weighted by Gasteiger charge is 2.17. The first kappa shape index (κ1) is 14.9. The highest BCUT2D eigenvalue weighted by molar-refractivity contribution is 9.09. The van der Waals surface area contributed by atoms with E-state index in [-0.39, 0.29) is 0 Å². The molecule has 0 aliphatic carbocycles. The number of fused-ring (bicyclic) bond motifs is 1. The van der Waals surface area contributed by atoms with Crippen LogP contribution in [0.5, 0.6) is 5.75 Å². The zero-order valence-corrected chi connectivity index (χ0v) is 14.2. The maximum absolute atomic E-state index is 6.20. The summed E-state index contributed by atoms with van der Waals surface area (Å²) < 4.78 is 5.76. The summed E-state index contributed by atoms with van der Waals surface area (Å²) in [7, 11) is 0. The Balaban J connectivity index is 1.61. The zero-order valence-electron chi connectivity index (χ0n) is 11.8. The highest BCUT2D eigenvalue weighted by Crippen LogP contribution is 2.35. The highest BCUT2D eigenvalue weighted by atomic mass is 79.9. The molecule has 1 nitrogen and oxygen atoms in total. The minimum absolute atomic E-state index is 0.409. The number of aryl methyl sites for hydroxylation is 1. The largest absolute Gasteiger partial charge is 0.493 e. The third-order valence-corrected chi connectivity index (χ3v) is 5.10. The molecule has 3 rings (SSSR count). The van der Waals surface area contributed by atoms with Gasteiger partial charge in [-0.05, 0) is 48.1 Å². The smallest absolute Gasteiger partial charge is 0.125 e. The predicted molar refractivity (Wildman–Crippen MR) is 91.7 cm³/mol. The van der Waals surface area contributed by atoms with Crippen molar-refractivity contribution < 1.29 is 4.74 Å². The molecular formula is C18H18BrClO. The van der Waals surface area contributed by atoms with Gasteiger partial charge in [0.05, 0.1) is 6.61 Å². The number of hydrogen-bond acceptors (Lipinski definition) is 1. The van der Waals surface area contributed by atoms with E-state index in [0.29, 0.717) is 4.83 Å². The summed E-state index contributed by atoms with van der Waals surface area (Å²) in [5.41, 5.74) is 3.85. The van der Waals surface area contributed by atoms with Crippen LogP contribution in [-0.2, 0) is 12.8 Å². The van der Waals surface area contributed by atoms with E-state index in [9.17, 15) is 0 Å². The lowest BCUT2D eigenvalue weighted by atomic mass is 10.0. The van der Waals surface area contributed by atoms with Gasteiger partial charge in [-0.2, -0.15) is 0 Å². The lowest BCUT2D eigenvalue weighted by Crippen LogP contribution is -1.95. The van der Waals surface area contributed by atoms with E-state index in [2.05, 4.69) is 52.3 Å². The van der Waals surface area contributed by atoms with Gasteiger partial charge in [-0.15, -0.1) is 0 Å². The van der Waals surface area contributed by atoms with Crippen LogP contribution in [0.25, 0.3) is 0 Å². The third-order valence-electron chi connectivity index (χ3n) is 3.89. The van der Waals surface area contributed by atoms with Crippen LogP contribution in [0.1, 0.15) is 34.4 Å². The molecule has 110 valence electrons. The first-order chi connectivity index (χ1) is 10.2. The normalized spacial score (nSPS) is 14.6. The van der Waals surface area contributed by atoms with Gasteiger partial charge in [-0.1, -0.05) is 57.9 Å². The van der Waals surface area contributed by atoms with Crippen LogP contribution in [0.4, 0.5) is 0 Å². The molecule has 0 bridgehead atoms. The summed E-state index contributed by atoms with van der Waals surface area (Å²) in [6.45, 7) is 0.785. The van der Waals surface area contributed by atoms with Crippen molar-refractivity contribution in [3.8, 4) is 5.75 Å². The van der Waals surface area contributed by atoms with Crippen molar-refractivity contribution in [3.63, 3.8) is 0 Å². The van der Waals surface area contributed by atoms with Crippen molar-refractivity contribution in [2.75, 3.05) is 6.61 Å². The third kappa shape index (κ3) is 3.61. The van der Waals surface area contributed by atoms with Gasteiger partial charge in [0.15, 0.2) is 0 Å². The van der Waals surface area contributed by atoms with Crippen LogP contribution in [0.2, 0.25) is 5.02 Å². The van der Waals surface area contributed by atoms with Gasteiger partial charge in [0.1, 0.15) is 5.75 Å². The average molecular weight is 366 g/mol. The second-order valence-corrected chi connectivity index (χ2v) is 6.96. The van der Waals surface area contributed by atoms with Crippen LogP contribution in [0, 0.1) is 0 Å². The first-order valence-corrected chi connectivity index (χ1v) is 8.66. The van der Waals surface area contributed by atoms with E-state index in [1.807, 2.05) is 6.07 Å². The number of alkyl halides is 1. The van der Waals surface area contributed by atoms with Crippen LogP contribution >= 0.6 is 27.5 Å². The molecule has 1 aliphatic rings. The van der Waals surface area contributed by atoms with Gasteiger partial charge in [0.25, 0.3) is 0 Å². The first-order valence-electron chi connectivity index (χ1n) is 7.37. The van der Waals surface area contributed by atoms with Crippen LogP contribution in [0.3, 0.4) is 0 Å². The van der Waals surface area contributed by atoms with E-state index in [4.69, 9.17) is 16.3 Å². The van der Waals surface area contributed by atoms with Crippen molar-refractivity contribution in [2.24, 2.45) is 0 Å².